The second-order valence-corrected chi connectivity index (χ2v) is 9.38. The lowest BCUT2D eigenvalue weighted by Crippen LogP contribution is -2.34. The standard InChI is InChI=1S/C21H20FNO5S2/c1-27-16-8-10-18(11-9-16)30(25,26)20(19-3-2-12-29-19)13-23-21(24)14-28-17-6-4-15(22)5-7-17/h2-12,20H,13-14H2,1H3,(H,23,24). The van der Waals surface area contributed by atoms with Crippen LogP contribution in [0.2, 0.25) is 0 Å². The molecule has 0 saturated heterocycles. The van der Waals surface area contributed by atoms with Crippen LogP contribution in [-0.2, 0) is 14.6 Å². The van der Waals surface area contributed by atoms with Crippen molar-refractivity contribution in [2.45, 2.75) is 10.1 Å². The number of sulfone groups is 1. The van der Waals surface area contributed by atoms with Crippen molar-refractivity contribution >= 4 is 27.1 Å². The van der Waals surface area contributed by atoms with Gasteiger partial charge in [-0.05, 0) is 60.0 Å². The summed E-state index contributed by atoms with van der Waals surface area (Å²) in [5.41, 5.74) is 0. The molecule has 6 nitrogen and oxygen atoms in total. The maximum Gasteiger partial charge on any atom is 0.257 e. The molecule has 158 valence electrons. The minimum absolute atomic E-state index is 0.111. The van der Waals surface area contributed by atoms with Crippen LogP contribution in [0.4, 0.5) is 4.39 Å². The zero-order chi connectivity index (χ0) is 21.6. The predicted octanol–water partition coefficient (Wildman–Crippen LogP) is 3.61. The van der Waals surface area contributed by atoms with Gasteiger partial charge in [0.1, 0.15) is 22.6 Å². The molecule has 3 aromatic rings. The Labute approximate surface area is 178 Å². The van der Waals surface area contributed by atoms with Crippen LogP contribution in [0.5, 0.6) is 11.5 Å². The number of amides is 1. The molecule has 0 spiro atoms. The molecule has 0 fully saturated rings. The second kappa shape index (κ2) is 9.73. The predicted molar refractivity (Wildman–Crippen MR) is 112 cm³/mol. The number of ether oxygens (including phenoxy) is 2. The molecule has 1 amide bonds. The van der Waals surface area contributed by atoms with Gasteiger partial charge < -0.3 is 14.8 Å². The molecule has 1 N–H and O–H groups in total. The van der Waals surface area contributed by atoms with E-state index in [1.54, 1.807) is 29.6 Å². The van der Waals surface area contributed by atoms with E-state index in [-0.39, 0.29) is 18.0 Å². The Kier molecular flexibility index (Phi) is 7.07. The molecule has 1 unspecified atom stereocenters. The van der Waals surface area contributed by atoms with E-state index in [4.69, 9.17) is 9.47 Å². The molecule has 1 atom stereocenters. The molecule has 0 saturated carbocycles. The normalized spacial score (nSPS) is 12.2. The van der Waals surface area contributed by atoms with Crippen molar-refractivity contribution in [1.29, 1.82) is 0 Å². The van der Waals surface area contributed by atoms with Gasteiger partial charge >= 0.3 is 0 Å². The average Bonchev–Trinajstić information content (AvgIpc) is 3.27. The van der Waals surface area contributed by atoms with Gasteiger partial charge in [-0.15, -0.1) is 11.3 Å². The minimum atomic E-state index is -3.76. The summed E-state index contributed by atoms with van der Waals surface area (Å²) in [7, 11) is -2.26. The van der Waals surface area contributed by atoms with Crippen LogP contribution in [0.25, 0.3) is 0 Å². The van der Waals surface area contributed by atoms with Crippen molar-refractivity contribution in [2.24, 2.45) is 0 Å². The Balaban J connectivity index is 1.69. The Morgan fingerprint density at radius 3 is 2.33 bits per heavy atom. The van der Waals surface area contributed by atoms with E-state index < -0.39 is 26.8 Å². The number of methoxy groups -OCH3 is 1. The van der Waals surface area contributed by atoms with Crippen molar-refractivity contribution in [1.82, 2.24) is 5.32 Å². The molecule has 1 heterocycles. The molecule has 1 aromatic heterocycles. The highest BCUT2D eigenvalue weighted by atomic mass is 32.2. The molecule has 0 bridgehead atoms. The minimum Gasteiger partial charge on any atom is -0.497 e. The molecule has 30 heavy (non-hydrogen) atoms. The summed E-state index contributed by atoms with van der Waals surface area (Å²) in [6.45, 7) is -0.425. The van der Waals surface area contributed by atoms with E-state index >= 15 is 0 Å². The molecule has 2 aromatic carbocycles. The number of carbonyl (C=O) groups excluding carboxylic acids is 1. The van der Waals surface area contributed by atoms with Crippen molar-refractivity contribution in [3.63, 3.8) is 0 Å². The van der Waals surface area contributed by atoms with Gasteiger partial charge in [-0.3, -0.25) is 4.79 Å². The monoisotopic (exact) mass is 449 g/mol. The number of carbonyl (C=O) groups is 1. The molecular formula is C21H20FNO5S2. The van der Waals surface area contributed by atoms with Crippen LogP contribution in [-0.4, -0.2) is 34.6 Å². The maximum atomic E-state index is 13.2. The molecule has 0 aliphatic carbocycles. The third kappa shape index (κ3) is 5.37. The van der Waals surface area contributed by atoms with Gasteiger partial charge in [0.15, 0.2) is 16.4 Å². The molecule has 0 aliphatic heterocycles. The van der Waals surface area contributed by atoms with Gasteiger partial charge in [0, 0.05) is 11.4 Å². The average molecular weight is 450 g/mol. The highest BCUT2D eigenvalue weighted by Gasteiger charge is 2.30. The lowest BCUT2D eigenvalue weighted by Gasteiger charge is -2.18. The Morgan fingerprint density at radius 1 is 1.07 bits per heavy atom. The first-order valence-corrected chi connectivity index (χ1v) is 11.4. The van der Waals surface area contributed by atoms with Gasteiger partial charge in [0.25, 0.3) is 5.91 Å². The number of thiophene rings is 1. The SMILES string of the molecule is COc1ccc(S(=O)(=O)C(CNC(=O)COc2ccc(F)cc2)c2cccs2)cc1. The van der Waals surface area contributed by atoms with Crippen molar-refractivity contribution in [3.8, 4) is 11.5 Å². The zero-order valence-electron chi connectivity index (χ0n) is 16.1. The fraction of sp³-hybridized carbons (Fsp3) is 0.190. The quantitative estimate of drug-likeness (QED) is 0.540. The number of benzene rings is 2. The van der Waals surface area contributed by atoms with Crippen LogP contribution < -0.4 is 14.8 Å². The molecular weight excluding hydrogens is 429 g/mol. The van der Waals surface area contributed by atoms with E-state index in [0.29, 0.717) is 16.4 Å². The summed E-state index contributed by atoms with van der Waals surface area (Å²) < 4.78 is 49.7. The molecule has 0 aliphatic rings. The van der Waals surface area contributed by atoms with E-state index in [1.165, 1.54) is 54.8 Å². The first-order chi connectivity index (χ1) is 14.4. The molecule has 3 rings (SSSR count). The van der Waals surface area contributed by atoms with Gasteiger partial charge in [0.05, 0.1) is 12.0 Å². The first-order valence-electron chi connectivity index (χ1n) is 8.96. The maximum absolute atomic E-state index is 13.2. The van der Waals surface area contributed by atoms with E-state index in [0.717, 1.165) is 0 Å². The highest BCUT2D eigenvalue weighted by molar-refractivity contribution is 7.91. The smallest absolute Gasteiger partial charge is 0.257 e. The topological polar surface area (TPSA) is 81.7 Å². The van der Waals surface area contributed by atoms with Crippen LogP contribution in [0.15, 0.2) is 70.9 Å². The van der Waals surface area contributed by atoms with Crippen molar-refractivity contribution < 1.29 is 27.1 Å². The van der Waals surface area contributed by atoms with E-state index in [1.807, 2.05) is 0 Å². The van der Waals surface area contributed by atoms with E-state index in [2.05, 4.69) is 5.32 Å². The summed E-state index contributed by atoms with van der Waals surface area (Å²) in [6, 6.07) is 14.9. The fourth-order valence-electron chi connectivity index (χ4n) is 2.70. The Morgan fingerprint density at radius 2 is 1.73 bits per heavy atom. The number of hydrogen-bond donors (Lipinski definition) is 1. The molecule has 9 heteroatoms. The lowest BCUT2D eigenvalue weighted by atomic mass is 10.3. The van der Waals surface area contributed by atoms with Crippen LogP contribution in [0.3, 0.4) is 0 Å². The van der Waals surface area contributed by atoms with Gasteiger partial charge in [-0.1, -0.05) is 6.07 Å². The van der Waals surface area contributed by atoms with E-state index in [9.17, 15) is 17.6 Å². The highest BCUT2D eigenvalue weighted by Crippen LogP contribution is 2.32. The summed E-state index contributed by atoms with van der Waals surface area (Å²) in [5.74, 6) is 0.000205. The zero-order valence-corrected chi connectivity index (χ0v) is 17.7. The third-order valence-electron chi connectivity index (χ3n) is 4.29. The number of hydrogen-bond acceptors (Lipinski definition) is 6. The van der Waals surface area contributed by atoms with Crippen LogP contribution in [0, 0.1) is 5.82 Å². The summed E-state index contributed by atoms with van der Waals surface area (Å²) >= 11 is 1.30. The number of halogens is 1. The van der Waals surface area contributed by atoms with Crippen molar-refractivity contribution in [3.05, 3.63) is 76.7 Å². The Hall–Kier alpha value is -2.91. The first kappa shape index (κ1) is 21.8. The van der Waals surface area contributed by atoms with Gasteiger partial charge in [-0.2, -0.15) is 0 Å². The Bertz CT molecular complexity index is 1070. The van der Waals surface area contributed by atoms with Gasteiger partial charge in [-0.25, -0.2) is 12.8 Å². The number of rotatable bonds is 9. The van der Waals surface area contributed by atoms with Gasteiger partial charge in [0.2, 0.25) is 0 Å². The summed E-state index contributed by atoms with van der Waals surface area (Å²) in [5, 5.41) is 3.46. The summed E-state index contributed by atoms with van der Waals surface area (Å²) in [4.78, 5) is 12.9. The fourth-order valence-corrected chi connectivity index (χ4v) is 5.49. The third-order valence-corrected chi connectivity index (χ3v) is 7.53. The van der Waals surface area contributed by atoms with Crippen molar-refractivity contribution in [2.75, 3.05) is 20.3 Å². The van der Waals surface area contributed by atoms with Crippen LogP contribution in [0.1, 0.15) is 10.1 Å². The molecule has 0 radical (unpaired) electrons. The lowest BCUT2D eigenvalue weighted by molar-refractivity contribution is -0.123. The largest absolute Gasteiger partial charge is 0.497 e. The number of nitrogens with one attached hydrogen (secondary N) is 1. The second-order valence-electron chi connectivity index (χ2n) is 6.27. The van der Waals surface area contributed by atoms with Crippen LogP contribution >= 0.6 is 11.3 Å². The summed E-state index contributed by atoms with van der Waals surface area (Å²) in [6.07, 6.45) is 0.